The van der Waals surface area contributed by atoms with E-state index in [1.54, 1.807) is 0 Å². The molecule has 110 valence electrons. The van der Waals surface area contributed by atoms with Gasteiger partial charge in [-0.05, 0) is 63.3 Å². The molecule has 1 fully saturated rings. The van der Waals surface area contributed by atoms with Crippen LogP contribution >= 0.6 is 0 Å². The highest BCUT2D eigenvalue weighted by molar-refractivity contribution is 6.00. The number of hydrogen-bond donors (Lipinski definition) is 0. The van der Waals surface area contributed by atoms with Gasteiger partial charge in [0.1, 0.15) is 0 Å². The summed E-state index contributed by atoms with van der Waals surface area (Å²) in [5.74, 6) is 1.07. The largest absolute Gasteiger partial charge is 0.294 e. The summed E-state index contributed by atoms with van der Waals surface area (Å²) in [6, 6.07) is 6.05. The maximum absolute atomic E-state index is 12.7. The predicted octanol–water partition coefficient (Wildman–Crippen LogP) is 4.00. The number of ketones is 1. The summed E-state index contributed by atoms with van der Waals surface area (Å²) in [5.41, 5.74) is 3.30. The second-order valence-corrected chi connectivity index (χ2v) is 6.22. The van der Waals surface area contributed by atoms with Gasteiger partial charge in [0.15, 0.2) is 5.78 Å². The third kappa shape index (κ3) is 3.29. The molecule has 1 aromatic rings. The van der Waals surface area contributed by atoms with Crippen molar-refractivity contribution in [3.63, 3.8) is 0 Å². The van der Waals surface area contributed by atoms with Crippen LogP contribution in [0.3, 0.4) is 0 Å². The SMILES string of the molecule is CCN(CC1CCC1)C(C)C(=O)c1ccc(C)c(C)c1. The van der Waals surface area contributed by atoms with E-state index in [2.05, 4.69) is 38.7 Å². The van der Waals surface area contributed by atoms with Gasteiger partial charge in [0, 0.05) is 12.1 Å². The van der Waals surface area contributed by atoms with E-state index < -0.39 is 0 Å². The van der Waals surface area contributed by atoms with Gasteiger partial charge in [0.05, 0.1) is 6.04 Å². The van der Waals surface area contributed by atoms with Crippen molar-refractivity contribution in [2.75, 3.05) is 13.1 Å². The average Bonchev–Trinajstić information content (AvgIpc) is 2.39. The molecule has 0 aromatic heterocycles. The van der Waals surface area contributed by atoms with E-state index in [0.717, 1.165) is 24.6 Å². The second-order valence-electron chi connectivity index (χ2n) is 6.22. The van der Waals surface area contributed by atoms with Gasteiger partial charge < -0.3 is 0 Å². The summed E-state index contributed by atoms with van der Waals surface area (Å²) in [5, 5.41) is 0. The lowest BCUT2D eigenvalue weighted by Crippen LogP contribution is -2.43. The highest BCUT2D eigenvalue weighted by Gasteiger charge is 2.26. The Balaban J connectivity index is 2.06. The van der Waals surface area contributed by atoms with Gasteiger partial charge in [-0.15, -0.1) is 0 Å². The molecule has 0 saturated heterocycles. The van der Waals surface area contributed by atoms with Gasteiger partial charge in [-0.1, -0.05) is 25.5 Å². The van der Waals surface area contributed by atoms with E-state index in [1.807, 2.05) is 12.1 Å². The van der Waals surface area contributed by atoms with E-state index in [4.69, 9.17) is 0 Å². The number of benzene rings is 1. The normalized spacial score (nSPS) is 17.1. The zero-order chi connectivity index (χ0) is 14.7. The topological polar surface area (TPSA) is 20.3 Å². The summed E-state index contributed by atoms with van der Waals surface area (Å²) < 4.78 is 0. The summed E-state index contributed by atoms with van der Waals surface area (Å²) in [7, 11) is 0. The summed E-state index contributed by atoms with van der Waals surface area (Å²) in [4.78, 5) is 15.0. The molecule has 0 spiro atoms. The molecule has 1 aliphatic rings. The van der Waals surface area contributed by atoms with Gasteiger partial charge in [-0.3, -0.25) is 9.69 Å². The molecule has 1 atom stereocenters. The van der Waals surface area contributed by atoms with Crippen LogP contribution in [0, 0.1) is 19.8 Å². The zero-order valence-electron chi connectivity index (χ0n) is 13.3. The monoisotopic (exact) mass is 273 g/mol. The van der Waals surface area contributed by atoms with Crippen molar-refractivity contribution in [1.82, 2.24) is 4.90 Å². The quantitative estimate of drug-likeness (QED) is 0.730. The van der Waals surface area contributed by atoms with Crippen LogP contribution in [0.4, 0.5) is 0 Å². The molecule has 1 saturated carbocycles. The fraction of sp³-hybridized carbons (Fsp3) is 0.611. The molecule has 0 bridgehead atoms. The molecular weight excluding hydrogens is 246 g/mol. The molecule has 1 aromatic carbocycles. The molecular formula is C18H27NO. The Labute approximate surface area is 123 Å². The lowest BCUT2D eigenvalue weighted by molar-refractivity contribution is 0.0789. The third-order valence-electron chi connectivity index (χ3n) is 4.84. The maximum atomic E-state index is 12.7. The number of rotatable bonds is 6. The van der Waals surface area contributed by atoms with Crippen LogP contribution in [0.1, 0.15) is 54.6 Å². The molecule has 0 amide bonds. The molecule has 0 N–H and O–H groups in total. The Kier molecular flexibility index (Phi) is 4.98. The van der Waals surface area contributed by atoms with Gasteiger partial charge in [0.2, 0.25) is 0 Å². The maximum Gasteiger partial charge on any atom is 0.179 e. The molecule has 0 radical (unpaired) electrons. The van der Waals surface area contributed by atoms with E-state index in [1.165, 1.54) is 30.4 Å². The fourth-order valence-corrected chi connectivity index (χ4v) is 2.87. The molecule has 2 rings (SSSR count). The number of carbonyl (C=O) groups is 1. The third-order valence-corrected chi connectivity index (χ3v) is 4.84. The molecule has 0 heterocycles. The Morgan fingerprint density at radius 3 is 2.50 bits per heavy atom. The lowest BCUT2D eigenvalue weighted by Gasteiger charge is -2.34. The molecule has 1 unspecified atom stereocenters. The van der Waals surface area contributed by atoms with Crippen molar-refractivity contribution in [1.29, 1.82) is 0 Å². The number of likely N-dealkylation sites (N-methyl/N-ethyl adjacent to an activating group) is 1. The van der Waals surface area contributed by atoms with Crippen LogP contribution in [0.5, 0.6) is 0 Å². The number of nitrogens with zero attached hydrogens (tertiary/aromatic N) is 1. The van der Waals surface area contributed by atoms with Crippen molar-refractivity contribution < 1.29 is 4.79 Å². The number of Topliss-reactive ketones (excluding diaryl/α,β-unsaturated/α-hetero) is 1. The Hall–Kier alpha value is -1.15. The highest BCUT2D eigenvalue weighted by Crippen LogP contribution is 2.28. The van der Waals surface area contributed by atoms with E-state index >= 15 is 0 Å². The van der Waals surface area contributed by atoms with Gasteiger partial charge in [-0.2, -0.15) is 0 Å². The molecule has 2 heteroatoms. The predicted molar refractivity (Wildman–Crippen MR) is 84.3 cm³/mol. The first kappa shape index (κ1) is 15.2. The first-order chi connectivity index (χ1) is 9.52. The Bertz CT molecular complexity index is 476. The molecule has 1 aliphatic carbocycles. The van der Waals surface area contributed by atoms with Crippen molar-refractivity contribution in [2.24, 2.45) is 5.92 Å². The Morgan fingerprint density at radius 1 is 1.30 bits per heavy atom. The van der Waals surface area contributed by atoms with Crippen molar-refractivity contribution in [3.8, 4) is 0 Å². The first-order valence-electron chi connectivity index (χ1n) is 7.88. The van der Waals surface area contributed by atoms with Crippen LogP contribution in [-0.4, -0.2) is 29.8 Å². The molecule has 0 aliphatic heterocycles. The van der Waals surface area contributed by atoms with Crippen LogP contribution in [-0.2, 0) is 0 Å². The van der Waals surface area contributed by atoms with Crippen LogP contribution in [0.25, 0.3) is 0 Å². The Morgan fingerprint density at radius 2 is 2.00 bits per heavy atom. The van der Waals surface area contributed by atoms with Gasteiger partial charge in [-0.25, -0.2) is 0 Å². The molecule has 2 nitrogen and oxygen atoms in total. The smallest absolute Gasteiger partial charge is 0.179 e. The number of carbonyl (C=O) groups excluding carboxylic acids is 1. The van der Waals surface area contributed by atoms with Crippen LogP contribution in [0.15, 0.2) is 18.2 Å². The number of aryl methyl sites for hydroxylation is 2. The van der Waals surface area contributed by atoms with Crippen LogP contribution in [0.2, 0.25) is 0 Å². The van der Waals surface area contributed by atoms with Gasteiger partial charge >= 0.3 is 0 Å². The summed E-state index contributed by atoms with van der Waals surface area (Å²) in [6.07, 6.45) is 4.03. The lowest BCUT2D eigenvalue weighted by atomic mass is 9.84. The molecule has 20 heavy (non-hydrogen) atoms. The average molecular weight is 273 g/mol. The van der Waals surface area contributed by atoms with E-state index in [9.17, 15) is 4.79 Å². The first-order valence-corrected chi connectivity index (χ1v) is 7.88. The fourth-order valence-electron chi connectivity index (χ4n) is 2.87. The summed E-state index contributed by atoms with van der Waals surface area (Å²) >= 11 is 0. The van der Waals surface area contributed by atoms with Crippen molar-refractivity contribution in [2.45, 2.75) is 53.0 Å². The minimum Gasteiger partial charge on any atom is -0.294 e. The summed E-state index contributed by atoms with van der Waals surface area (Å²) in [6.45, 7) is 10.4. The standard InChI is InChI=1S/C18H27NO/c1-5-19(12-16-7-6-8-16)15(4)18(20)17-10-9-13(2)14(3)11-17/h9-11,15-16H,5-8,12H2,1-4H3. The van der Waals surface area contributed by atoms with Crippen molar-refractivity contribution in [3.05, 3.63) is 34.9 Å². The minimum absolute atomic E-state index is 0.0114. The van der Waals surface area contributed by atoms with E-state index in [-0.39, 0.29) is 11.8 Å². The van der Waals surface area contributed by atoms with Crippen molar-refractivity contribution >= 4 is 5.78 Å². The minimum atomic E-state index is -0.0114. The van der Waals surface area contributed by atoms with Gasteiger partial charge in [0.25, 0.3) is 0 Å². The second kappa shape index (κ2) is 6.53. The number of hydrogen-bond acceptors (Lipinski definition) is 2. The highest BCUT2D eigenvalue weighted by atomic mass is 16.1. The van der Waals surface area contributed by atoms with E-state index in [0.29, 0.717) is 0 Å². The zero-order valence-corrected chi connectivity index (χ0v) is 13.3. The van der Waals surface area contributed by atoms with Crippen LogP contribution < -0.4 is 0 Å².